The van der Waals surface area contributed by atoms with E-state index in [1.807, 2.05) is 0 Å². The highest BCUT2D eigenvalue weighted by atomic mass is 32.2. The molecule has 2 fully saturated rings. The molecule has 3 heterocycles. The van der Waals surface area contributed by atoms with E-state index in [1.54, 1.807) is 13.8 Å². The zero-order valence-electron chi connectivity index (χ0n) is 15.1. The van der Waals surface area contributed by atoms with Crippen LogP contribution < -0.4 is 10.6 Å². The number of piperidine rings is 1. The highest BCUT2D eigenvalue weighted by Gasteiger charge is 2.36. The number of hydrogen-bond donors (Lipinski definition) is 3. The summed E-state index contributed by atoms with van der Waals surface area (Å²) in [6, 6.07) is 0. The first-order valence-electron chi connectivity index (χ1n) is 8.90. The molecule has 26 heavy (non-hydrogen) atoms. The van der Waals surface area contributed by atoms with Crippen LogP contribution in [-0.2, 0) is 14.8 Å². The first-order chi connectivity index (χ1) is 12.3. The van der Waals surface area contributed by atoms with Gasteiger partial charge in [0.2, 0.25) is 15.9 Å². The first-order valence-corrected chi connectivity index (χ1v) is 10.3. The Balaban J connectivity index is 1.64. The third-order valence-corrected chi connectivity index (χ3v) is 7.27. The predicted octanol–water partition coefficient (Wildman–Crippen LogP) is -0.611. The Bertz CT molecular complexity index is 743. The van der Waals surface area contributed by atoms with Gasteiger partial charge < -0.3 is 20.3 Å². The van der Waals surface area contributed by atoms with Crippen molar-refractivity contribution >= 4 is 15.9 Å². The van der Waals surface area contributed by atoms with Crippen molar-refractivity contribution in [2.75, 3.05) is 32.7 Å². The van der Waals surface area contributed by atoms with E-state index in [9.17, 15) is 18.3 Å². The lowest BCUT2D eigenvalue weighted by atomic mass is 9.98. The average Bonchev–Trinajstić information content (AvgIpc) is 3.18. The van der Waals surface area contributed by atoms with Crippen molar-refractivity contribution in [3.05, 3.63) is 11.5 Å². The molecule has 146 valence electrons. The second kappa shape index (κ2) is 7.63. The van der Waals surface area contributed by atoms with Crippen LogP contribution in [0, 0.1) is 25.7 Å². The van der Waals surface area contributed by atoms with Gasteiger partial charge in [-0.15, -0.1) is 0 Å². The van der Waals surface area contributed by atoms with E-state index in [-0.39, 0.29) is 29.0 Å². The van der Waals surface area contributed by atoms with E-state index in [1.165, 1.54) is 4.31 Å². The van der Waals surface area contributed by atoms with Gasteiger partial charge in [0.05, 0.1) is 12.0 Å². The van der Waals surface area contributed by atoms with Crippen molar-refractivity contribution in [2.24, 2.45) is 11.8 Å². The van der Waals surface area contributed by atoms with Crippen LogP contribution in [0.2, 0.25) is 0 Å². The van der Waals surface area contributed by atoms with Gasteiger partial charge in [0.25, 0.3) is 0 Å². The molecule has 3 N–H and O–H groups in total. The summed E-state index contributed by atoms with van der Waals surface area (Å²) >= 11 is 0. The normalized spacial score (nSPS) is 27.6. The van der Waals surface area contributed by atoms with Gasteiger partial charge in [-0.3, -0.25) is 4.79 Å². The summed E-state index contributed by atoms with van der Waals surface area (Å²) in [7, 11) is -3.74. The van der Waals surface area contributed by atoms with Crippen molar-refractivity contribution in [2.45, 2.75) is 37.7 Å². The van der Waals surface area contributed by atoms with E-state index in [0.717, 1.165) is 0 Å². The Kier molecular flexibility index (Phi) is 5.66. The van der Waals surface area contributed by atoms with Gasteiger partial charge >= 0.3 is 0 Å². The lowest BCUT2D eigenvalue weighted by Gasteiger charge is -2.31. The fourth-order valence-electron chi connectivity index (χ4n) is 3.65. The van der Waals surface area contributed by atoms with Crippen molar-refractivity contribution in [1.29, 1.82) is 0 Å². The molecule has 0 radical (unpaired) electrons. The molecule has 10 heteroatoms. The molecule has 1 amide bonds. The number of sulfonamides is 1. The number of nitrogens with one attached hydrogen (secondary N) is 2. The summed E-state index contributed by atoms with van der Waals surface area (Å²) in [5, 5.41) is 19.5. The molecule has 1 aromatic heterocycles. The average molecular weight is 386 g/mol. The summed E-state index contributed by atoms with van der Waals surface area (Å²) in [6.45, 7) is 5.28. The maximum atomic E-state index is 12.9. The van der Waals surface area contributed by atoms with Gasteiger partial charge in [-0.05, 0) is 26.7 Å². The number of amides is 1. The van der Waals surface area contributed by atoms with Crippen molar-refractivity contribution < 1.29 is 22.8 Å². The third kappa shape index (κ3) is 3.78. The second-order valence-electron chi connectivity index (χ2n) is 7.09. The minimum Gasteiger partial charge on any atom is -0.391 e. The fraction of sp³-hybridized carbons (Fsp3) is 0.750. The molecule has 3 rings (SSSR count). The maximum Gasteiger partial charge on any atom is 0.248 e. The van der Waals surface area contributed by atoms with Crippen molar-refractivity contribution in [3.63, 3.8) is 0 Å². The number of aryl methyl sites for hydroxylation is 2. The molecular formula is C16H26N4O5S. The third-order valence-electron chi connectivity index (χ3n) is 5.16. The van der Waals surface area contributed by atoms with Crippen LogP contribution in [-0.4, -0.2) is 67.7 Å². The van der Waals surface area contributed by atoms with Gasteiger partial charge in [0.1, 0.15) is 10.6 Å². The zero-order valence-corrected chi connectivity index (χ0v) is 15.9. The van der Waals surface area contributed by atoms with Crippen LogP contribution in [0.3, 0.4) is 0 Å². The number of hydrogen-bond acceptors (Lipinski definition) is 7. The highest BCUT2D eigenvalue weighted by Crippen LogP contribution is 2.27. The molecule has 2 aliphatic heterocycles. The summed E-state index contributed by atoms with van der Waals surface area (Å²) in [6.07, 6.45) is 0.803. The SMILES string of the molecule is Cc1noc(C)c1S(=O)(=O)N1CCCC(C(=O)NCC2CNCC2O)C1. The van der Waals surface area contributed by atoms with E-state index < -0.39 is 22.0 Å². The summed E-state index contributed by atoms with van der Waals surface area (Å²) in [5.41, 5.74) is 0.330. The van der Waals surface area contributed by atoms with Gasteiger partial charge in [0, 0.05) is 38.6 Å². The summed E-state index contributed by atoms with van der Waals surface area (Å²) in [4.78, 5) is 12.6. The Morgan fingerprint density at radius 3 is 2.81 bits per heavy atom. The maximum absolute atomic E-state index is 12.9. The lowest BCUT2D eigenvalue weighted by Crippen LogP contribution is -2.46. The molecule has 0 aromatic carbocycles. The number of carbonyl (C=O) groups is 1. The van der Waals surface area contributed by atoms with E-state index in [0.29, 0.717) is 44.7 Å². The fourth-order valence-corrected chi connectivity index (χ4v) is 5.47. The molecule has 2 aliphatic rings. The molecule has 3 atom stereocenters. The number of nitrogens with zero attached hydrogens (tertiary/aromatic N) is 2. The summed E-state index contributed by atoms with van der Waals surface area (Å²) in [5.74, 6) is -0.310. The molecule has 0 aliphatic carbocycles. The quantitative estimate of drug-likeness (QED) is 0.616. The summed E-state index contributed by atoms with van der Waals surface area (Å²) < 4.78 is 32.2. The van der Waals surface area contributed by atoms with Gasteiger partial charge in [-0.1, -0.05) is 5.16 Å². The van der Waals surface area contributed by atoms with E-state index in [4.69, 9.17) is 4.52 Å². The Hall–Kier alpha value is -1.49. The van der Waals surface area contributed by atoms with Crippen molar-refractivity contribution in [1.82, 2.24) is 20.1 Å². The van der Waals surface area contributed by atoms with E-state index in [2.05, 4.69) is 15.8 Å². The Labute approximate surface area is 153 Å². The minimum atomic E-state index is -3.74. The smallest absolute Gasteiger partial charge is 0.248 e. The molecule has 1 aromatic rings. The van der Waals surface area contributed by atoms with Crippen LogP contribution in [0.15, 0.2) is 9.42 Å². The van der Waals surface area contributed by atoms with Crippen molar-refractivity contribution in [3.8, 4) is 0 Å². The number of carbonyl (C=O) groups excluding carboxylic acids is 1. The number of rotatable bonds is 5. The van der Waals surface area contributed by atoms with E-state index >= 15 is 0 Å². The standard InChI is InChI=1S/C16H26N4O5S/c1-10-15(11(2)25-19-10)26(23,24)20-5-3-4-12(9-20)16(22)18-7-13-6-17-8-14(13)21/h12-14,17,21H,3-9H2,1-2H3,(H,18,22). The highest BCUT2D eigenvalue weighted by molar-refractivity contribution is 7.89. The van der Waals surface area contributed by atoms with Crippen LogP contribution in [0.1, 0.15) is 24.3 Å². The predicted molar refractivity (Wildman–Crippen MR) is 92.8 cm³/mol. The number of aliphatic hydroxyl groups excluding tert-OH is 1. The minimum absolute atomic E-state index is 0.00956. The number of β-amino-alcohol motifs (C(OH)–C–C–N with tert-alkyl or cyclic N) is 1. The van der Waals surface area contributed by atoms with Crippen LogP contribution >= 0.6 is 0 Å². The monoisotopic (exact) mass is 386 g/mol. The van der Waals surface area contributed by atoms with Crippen LogP contribution in [0.5, 0.6) is 0 Å². The molecule has 0 saturated carbocycles. The molecule has 0 bridgehead atoms. The lowest BCUT2D eigenvalue weighted by molar-refractivity contribution is -0.126. The van der Waals surface area contributed by atoms with Crippen LogP contribution in [0.4, 0.5) is 0 Å². The van der Waals surface area contributed by atoms with Gasteiger partial charge in [-0.2, -0.15) is 4.31 Å². The molecular weight excluding hydrogens is 360 g/mol. The Morgan fingerprint density at radius 1 is 1.42 bits per heavy atom. The molecule has 9 nitrogen and oxygen atoms in total. The van der Waals surface area contributed by atoms with Crippen LogP contribution in [0.25, 0.3) is 0 Å². The molecule has 2 saturated heterocycles. The largest absolute Gasteiger partial charge is 0.391 e. The number of aromatic nitrogens is 1. The first kappa shape index (κ1) is 19.3. The second-order valence-corrected chi connectivity index (χ2v) is 8.96. The van der Waals surface area contributed by atoms with Gasteiger partial charge in [0.15, 0.2) is 5.76 Å². The number of aliphatic hydroxyl groups is 1. The van der Waals surface area contributed by atoms with Gasteiger partial charge in [-0.25, -0.2) is 8.42 Å². The molecule has 0 spiro atoms. The zero-order chi connectivity index (χ0) is 18.9. The topological polar surface area (TPSA) is 125 Å². The molecule has 3 unspecified atom stereocenters. The Morgan fingerprint density at radius 2 is 2.19 bits per heavy atom.